The first-order valence-corrected chi connectivity index (χ1v) is 8.96. The van der Waals surface area contributed by atoms with Gasteiger partial charge in [-0.2, -0.15) is 0 Å². The van der Waals surface area contributed by atoms with Gasteiger partial charge in [0.1, 0.15) is 21.3 Å². The van der Waals surface area contributed by atoms with Gasteiger partial charge in [-0.25, -0.2) is 4.79 Å². The third-order valence-corrected chi connectivity index (χ3v) is 6.48. The third kappa shape index (κ3) is 2.68. The molecular formula is C11H12N4O3S3. The Morgan fingerprint density at radius 1 is 1.62 bits per heavy atom. The Kier molecular flexibility index (Phi) is 4.20. The Morgan fingerprint density at radius 2 is 2.43 bits per heavy atom. The summed E-state index contributed by atoms with van der Waals surface area (Å²) in [5.41, 5.74) is 6.61. The van der Waals surface area contributed by atoms with Crippen molar-refractivity contribution < 1.29 is 14.7 Å². The first kappa shape index (κ1) is 14.8. The normalized spacial score (nSPS) is 24.8. The number of carboxylic acids is 1. The molecule has 3 rings (SSSR count). The molecule has 1 fully saturated rings. The fraction of sp³-hybridized carbons (Fsp3) is 0.455. The molecule has 0 radical (unpaired) electrons. The van der Waals surface area contributed by atoms with Crippen LogP contribution in [0.2, 0.25) is 0 Å². The van der Waals surface area contributed by atoms with Gasteiger partial charge in [0.15, 0.2) is 0 Å². The molecule has 2 aliphatic heterocycles. The smallest absolute Gasteiger partial charge is 0.352 e. The minimum absolute atomic E-state index is 0.119. The number of carboxylic acid groups (broad SMARTS) is 1. The highest BCUT2D eigenvalue weighted by Gasteiger charge is 2.51. The van der Waals surface area contributed by atoms with Crippen LogP contribution in [0.4, 0.5) is 0 Å². The van der Waals surface area contributed by atoms with Crippen molar-refractivity contribution in [1.29, 1.82) is 0 Å². The number of thioether (sulfide) groups is 2. The molecule has 7 nitrogen and oxygen atoms in total. The van der Waals surface area contributed by atoms with Gasteiger partial charge < -0.3 is 10.8 Å². The van der Waals surface area contributed by atoms with Crippen LogP contribution in [0.25, 0.3) is 0 Å². The van der Waals surface area contributed by atoms with Crippen molar-refractivity contribution in [3.05, 3.63) is 17.5 Å². The number of carbonyl (C=O) groups excluding carboxylic acids is 1. The van der Waals surface area contributed by atoms with Gasteiger partial charge in [0.25, 0.3) is 0 Å². The molecule has 1 saturated heterocycles. The van der Waals surface area contributed by atoms with Gasteiger partial charge in [0, 0.05) is 11.5 Å². The van der Waals surface area contributed by atoms with E-state index in [-0.39, 0.29) is 17.0 Å². The lowest BCUT2D eigenvalue weighted by Gasteiger charge is -2.48. The fourth-order valence-electron chi connectivity index (χ4n) is 2.27. The summed E-state index contributed by atoms with van der Waals surface area (Å²) in [6, 6.07) is -0.580. The molecule has 0 aromatic carbocycles. The van der Waals surface area contributed by atoms with Gasteiger partial charge in [0.2, 0.25) is 5.91 Å². The Balaban J connectivity index is 1.72. The number of hydrogen-bond acceptors (Lipinski definition) is 8. The molecule has 1 aromatic heterocycles. The summed E-state index contributed by atoms with van der Waals surface area (Å²) < 4.78 is 4.77. The highest BCUT2D eigenvalue weighted by Crippen LogP contribution is 2.40. The Labute approximate surface area is 133 Å². The summed E-state index contributed by atoms with van der Waals surface area (Å²) >= 11 is 4.43. The number of rotatable bonds is 5. The summed E-state index contributed by atoms with van der Waals surface area (Å²) in [5.74, 6) is -0.0259. The second kappa shape index (κ2) is 5.95. The predicted molar refractivity (Wildman–Crippen MR) is 81.0 cm³/mol. The van der Waals surface area contributed by atoms with E-state index in [0.29, 0.717) is 12.2 Å². The van der Waals surface area contributed by atoms with Crippen LogP contribution >= 0.6 is 35.1 Å². The Bertz CT molecular complexity index is 604. The molecule has 2 aliphatic rings. The number of fused-ring (bicyclic) bond motifs is 1. The van der Waals surface area contributed by atoms with Crippen LogP contribution in [-0.4, -0.2) is 54.4 Å². The number of amides is 1. The van der Waals surface area contributed by atoms with Crippen LogP contribution < -0.4 is 5.73 Å². The molecule has 3 heterocycles. The van der Waals surface area contributed by atoms with E-state index in [1.165, 1.54) is 28.2 Å². The number of nitrogens with two attached hydrogens (primary N) is 1. The van der Waals surface area contributed by atoms with Crippen molar-refractivity contribution in [2.45, 2.75) is 22.0 Å². The molecule has 0 saturated carbocycles. The van der Waals surface area contributed by atoms with Crippen LogP contribution in [0.1, 0.15) is 6.42 Å². The van der Waals surface area contributed by atoms with Crippen molar-refractivity contribution in [2.24, 2.45) is 5.73 Å². The number of carbonyl (C=O) groups is 2. The van der Waals surface area contributed by atoms with Crippen molar-refractivity contribution in [3.8, 4) is 0 Å². The molecule has 0 aliphatic carbocycles. The zero-order valence-corrected chi connectivity index (χ0v) is 13.2. The van der Waals surface area contributed by atoms with Crippen LogP contribution in [0.5, 0.6) is 0 Å². The first-order valence-electron chi connectivity index (χ1n) is 6.15. The summed E-state index contributed by atoms with van der Waals surface area (Å²) in [7, 11) is 0. The zero-order valence-electron chi connectivity index (χ0n) is 10.8. The van der Waals surface area contributed by atoms with Crippen molar-refractivity contribution in [3.63, 3.8) is 0 Å². The van der Waals surface area contributed by atoms with Crippen molar-refractivity contribution in [1.82, 2.24) is 14.5 Å². The SMILES string of the molecule is N[C@@H]1C(=O)N2C(C(=O)O)=C(CCSc3cnns3)CS[C@H]12. The highest BCUT2D eigenvalue weighted by molar-refractivity contribution is 8.01. The second-order valence-corrected chi connectivity index (χ2v) is 7.81. The predicted octanol–water partition coefficient (Wildman–Crippen LogP) is 0.601. The molecule has 112 valence electrons. The fourth-order valence-corrected chi connectivity index (χ4v) is 5.10. The van der Waals surface area contributed by atoms with E-state index in [1.807, 2.05) is 0 Å². The van der Waals surface area contributed by atoms with Gasteiger partial charge in [0.05, 0.1) is 6.20 Å². The van der Waals surface area contributed by atoms with E-state index in [1.54, 1.807) is 18.0 Å². The molecule has 2 atom stereocenters. The lowest BCUT2D eigenvalue weighted by Crippen LogP contribution is -2.68. The number of nitrogens with zero attached hydrogens (tertiary/aromatic N) is 3. The summed E-state index contributed by atoms with van der Waals surface area (Å²) in [4.78, 5) is 24.6. The van der Waals surface area contributed by atoms with Gasteiger partial charge in [-0.05, 0) is 23.5 Å². The van der Waals surface area contributed by atoms with E-state index in [4.69, 9.17) is 5.73 Å². The lowest BCUT2D eigenvalue weighted by molar-refractivity contribution is -0.148. The van der Waals surface area contributed by atoms with Crippen molar-refractivity contribution >= 4 is 46.9 Å². The summed E-state index contributed by atoms with van der Waals surface area (Å²) in [6.45, 7) is 0. The molecular weight excluding hydrogens is 332 g/mol. The van der Waals surface area contributed by atoms with Crippen LogP contribution in [0.15, 0.2) is 21.7 Å². The van der Waals surface area contributed by atoms with Gasteiger partial charge >= 0.3 is 5.97 Å². The third-order valence-electron chi connectivity index (χ3n) is 3.28. The highest BCUT2D eigenvalue weighted by atomic mass is 32.2. The molecule has 21 heavy (non-hydrogen) atoms. The standard InChI is InChI=1S/C11H12N4O3S3/c12-7-9(16)15-8(11(17)18)5(4-20-10(7)15)1-2-19-6-3-13-14-21-6/h3,7,10H,1-2,4,12H2,(H,17,18)/t7-,10-/m1/s1. The van der Waals surface area contributed by atoms with E-state index in [2.05, 4.69) is 9.59 Å². The van der Waals surface area contributed by atoms with Crippen LogP contribution in [-0.2, 0) is 9.59 Å². The second-order valence-electron chi connectivity index (χ2n) is 4.53. The van der Waals surface area contributed by atoms with E-state index in [9.17, 15) is 14.7 Å². The molecule has 0 bridgehead atoms. The molecule has 1 amide bonds. The van der Waals surface area contributed by atoms with E-state index in [0.717, 1.165) is 15.5 Å². The largest absolute Gasteiger partial charge is 0.477 e. The van der Waals surface area contributed by atoms with Crippen LogP contribution in [0, 0.1) is 0 Å². The minimum atomic E-state index is -1.06. The molecule has 3 N–H and O–H groups in total. The van der Waals surface area contributed by atoms with Crippen LogP contribution in [0.3, 0.4) is 0 Å². The molecule has 0 unspecified atom stereocenters. The average molecular weight is 344 g/mol. The number of aliphatic carboxylic acids is 1. The van der Waals surface area contributed by atoms with Gasteiger partial charge in [-0.1, -0.05) is 4.49 Å². The quantitative estimate of drug-likeness (QED) is 0.590. The van der Waals surface area contributed by atoms with Gasteiger partial charge in [-0.3, -0.25) is 9.69 Å². The topological polar surface area (TPSA) is 109 Å². The minimum Gasteiger partial charge on any atom is -0.477 e. The number of hydrogen-bond donors (Lipinski definition) is 2. The van der Waals surface area contributed by atoms with Gasteiger partial charge in [-0.15, -0.1) is 28.6 Å². The number of β-lactam (4-membered cyclic amide) rings is 1. The number of aromatic nitrogens is 2. The lowest BCUT2D eigenvalue weighted by atomic mass is 10.0. The molecule has 10 heteroatoms. The van der Waals surface area contributed by atoms with Crippen molar-refractivity contribution in [2.75, 3.05) is 11.5 Å². The first-order chi connectivity index (χ1) is 10.1. The summed E-state index contributed by atoms with van der Waals surface area (Å²) in [6.07, 6.45) is 2.30. The van der Waals surface area contributed by atoms with E-state index >= 15 is 0 Å². The van der Waals surface area contributed by atoms with E-state index < -0.39 is 12.0 Å². The zero-order chi connectivity index (χ0) is 15.0. The average Bonchev–Trinajstić information content (AvgIpc) is 2.98. The maximum atomic E-state index is 11.8. The maximum Gasteiger partial charge on any atom is 0.352 e. The molecule has 1 aromatic rings. The molecule has 0 spiro atoms. The maximum absolute atomic E-state index is 11.8. The summed E-state index contributed by atoms with van der Waals surface area (Å²) in [5, 5.41) is 12.9. The Hall–Kier alpha value is -1.10. The Morgan fingerprint density at radius 3 is 3.10 bits per heavy atom. The monoisotopic (exact) mass is 344 g/mol.